The molecule has 0 rings (SSSR count). The molecule has 0 aliphatic rings. The molecule has 3 nitrogen and oxygen atoms in total. The van der Waals surface area contributed by atoms with E-state index >= 15 is 0 Å². The first-order chi connectivity index (χ1) is 8.33. The maximum Gasteiger partial charge on any atom is 0.402 e. The third-order valence-electron chi connectivity index (χ3n) is 3.68. The molecular weight excluding hydrogens is 254 g/mol. The van der Waals surface area contributed by atoms with Crippen molar-refractivity contribution < 1.29 is 9.53 Å². The summed E-state index contributed by atoms with van der Waals surface area (Å²) in [5.74, 6) is 0. The summed E-state index contributed by atoms with van der Waals surface area (Å²) < 4.78 is 7.52. The molecule has 1 amide bonds. The van der Waals surface area contributed by atoms with Gasteiger partial charge in [-0.2, -0.15) is 0 Å². The van der Waals surface area contributed by atoms with Gasteiger partial charge in [0.15, 0.2) is 8.24 Å². The van der Waals surface area contributed by atoms with Crippen molar-refractivity contribution >= 4 is 14.3 Å². The van der Waals surface area contributed by atoms with Crippen LogP contribution in [-0.4, -0.2) is 31.0 Å². The highest BCUT2D eigenvalue weighted by molar-refractivity contribution is 6.79. The van der Waals surface area contributed by atoms with Crippen LogP contribution in [0.1, 0.15) is 48.0 Å². The zero-order valence-corrected chi connectivity index (χ0v) is 15.0. The van der Waals surface area contributed by atoms with Gasteiger partial charge in [-0.1, -0.05) is 39.9 Å². The van der Waals surface area contributed by atoms with Crippen molar-refractivity contribution in [3.8, 4) is 0 Å². The smallest absolute Gasteiger partial charge is 0.402 e. The van der Waals surface area contributed by atoms with Crippen LogP contribution in [0.4, 0.5) is 4.79 Å². The van der Waals surface area contributed by atoms with Gasteiger partial charge in [0.05, 0.1) is 0 Å². The second kappa shape index (κ2) is 6.12. The lowest BCUT2D eigenvalue weighted by Gasteiger charge is -2.45. The molecule has 0 saturated heterocycles. The third-order valence-corrected chi connectivity index (χ3v) is 9.11. The van der Waals surface area contributed by atoms with E-state index in [0.29, 0.717) is 6.54 Å². The van der Waals surface area contributed by atoms with E-state index in [2.05, 4.69) is 40.4 Å². The minimum absolute atomic E-state index is 0.102. The molecule has 0 bridgehead atoms. The van der Waals surface area contributed by atoms with E-state index in [-0.39, 0.29) is 11.1 Å². The molecule has 0 aliphatic carbocycles. The zero-order valence-electron chi connectivity index (χ0n) is 14.0. The van der Waals surface area contributed by atoms with Gasteiger partial charge in [-0.25, -0.2) is 4.79 Å². The largest absolute Gasteiger partial charge is 0.444 e. The maximum absolute atomic E-state index is 12.5. The van der Waals surface area contributed by atoms with Crippen molar-refractivity contribution in [1.82, 2.24) is 4.57 Å². The van der Waals surface area contributed by atoms with Crippen LogP contribution in [0.25, 0.3) is 0 Å². The van der Waals surface area contributed by atoms with Gasteiger partial charge >= 0.3 is 6.09 Å². The first-order valence-electron chi connectivity index (χ1n) is 6.94. The summed E-state index contributed by atoms with van der Waals surface area (Å²) in [6, 6.07) is 0. The first kappa shape index (κ1) is 18.2. The van der Waals surface area contributed by atoms with E-state index < -0.39 is 13.8 Å². The van der Waals surface area contributed by atoms with Crippen molar-refractivity contribution in [1.29, 1.82) is 0 Å². The molecule has 0 spiro atoms. The Hall–Kier alpha value is -0.773. The number of rotatable bonds is 4. The molecule has 0 heterocycles. The Morgan fingerprint density at radius 1 is 1.21 bits per heavy atom. The van der Waals surface area contributed by atoms with E-state index in [1.807, 2.05) is 31.4 Å². The Morgan fingerprint density at radius 3 is 2.00 bits per heavy atom. The van der Waals surface area contributed by atoms with Crippen LogP contribution in [0.5, 0.6) is 0 Å². The summed E-state index contributed by atoms with van der Waals surface area (Å²) >= 11 is 0. The van der Waals surface area contributed by atoms with Crippen LogP contribution < -0.4 is 0 Å². The van der Waals surface area contributed by atoms with Crippen LogP contribution >= 0.6 is 0 Å². The minimum Gasteiger partial charge on any atom is -0.444 e. The van der Waals surface area contributed by atoms with Crippen molar-refractivity contribution in [2.75, 3.05) is 6.54 Å². The number of hydrogen-bond acceptors (Lipinski definition) is 2. The molecule has 0 radical (unpaired) electrons. The van der Waals surface area contributed by atoms with E-state index in [0.717, 1.165) is 6.42 Å². The first-order valence-corrected chi connectivity index (χ1v) is 9.89. The number of carbonyl (C=O) groups excluding carboxylic acids is 1. The lowest BCUT2D eigenvalue weighted by Crippen LogP contribution is -2.58. The summed E-state index contributed by atoms with van der Waals surface area (Å²) in [5.41, 5.74) is -0.453. The molecular formula is C15H31NO2Si. The molecule has 4 heteroatoms. The Labute approximate surface area is 120 Å². The van der Waals surface area contributed by atoms with Crippen molar-refractivity contribution in [2.24, 2.45) is 0 Å². The predicted octanol–water partition coefficient (Wildman–Crippen LogP) is 4.80. The number of amides is 1. The van der Waals surface area contributed by atoms with Gasteiger partial charge in [-0.05, 0) is 32.2 Å². The van der Waals surface area contributed by atoms with Crippen LogP contribution in [0.3, 0.4) is 0 Å². The summed E-state index contributed by atoms with van der Waals surface area (Å²) in [6.45, 7) is 21.2. The highest BCUT2D eigenvalue weighted by Gasteiger charge is 2.44. The van der Waals surface area contributed by atoms with E-state index in [4.69, 9.17) is 4.74 Å². The predicted molar refractivity (Wildman–Crippen MR) is 85.0 cm³/mol. The van der Waals surface area contributed by atoms with E-state index in [1.54, 1.807) is 0 Å². The lowest BCUT2D eigenvalue weighted by molar-refractivity contribution is 0.0370. The fourth-order valence-electron chi connectivity index (χ4n) is 1.54. The van der Waals surface area contributed by atoms with Gasteiger partial charge in [0.2, 0.25) is 0 Å². The molecule has 0 aliphatic heterocycles. The van der Waals surface area contributed by atoms with Crippen LogP contribution in [0.15, 0.2) is 12.7 Å². The monoisotopic (exact) mass is 285 g/mol. The fraction of sp³-hybridized carbons (Fsp3) is 0.800. The Morgan fingerprint density at radius 2 is 1.68 bits per heavy atom. The summed E-state index contributed by atoms with van der Waals surface area (Å²) in [5, 5.41) is 0.102. The number of hydrogen-bond donors (Lipinski definition) is 0. The summed E-state index contributed by atoms with van der Waals surface area (Å²) in [6.07, 6.45) is 2.46. The van der Waals surface area contributed by atoms with Gasteiger partial charge in [-0.15, -0.1) is 6.58 Å². The highest BCUT2D eigenvalue weighted by atomic mass is 28.3. The van der Waals surface area contributed by atoms with Crippen LogP contribution in [0, 0.1) is 0 Å². The van der Waals surface area contributed by atoms with Crippen molar-refractivity contribution in [2.45, 2.75) is 71.7 Å². The van der Waals surface area contributed by atoms with Crippen LogP contribution in [0.2, 0.25) is 18.1 Å². The van der Waals surface area contributed by atoms with E-state index in [9.17, 15) is 4.79 Å². The third kappa shape index (κ3) is 5.39. The van der Waals surface area contributed by atoms with Gasteiger partial charge in [0.25, 0.3) is 0 Å². The van der Waals surface area contributed by atoms with Crippen molar-refractivity contribution in [3.63, 3.8) is 0 Å². The van der Waals surface area contributed by atoms with Crippen molar-refractivity contribution in [3.05, 3.63) is 12.7 Å². The molecule has 19 heavy (non-hydrogen) atoms. The molecule has 0 N–H and O–H groups in total. The SMILES string of the molecule is C=CCCN(C(=O)OC(C)(C)C)[Si](C)(C)C(C)(C)C. The molecule has 0 atom stereocenters. The van der Waals surface area contributed by atoms with Gasteiger partial charge in [-0.3, -0.25) is 0 Å². The van der Waals surface area contributed by atoms with Crippen LogP contribution in [-0.2, 0) is 4.74 Å². The number of ether oxygens (including phenoxy) is 1. The molecule has 0 aromatic rings. The van der Waals surface area contributed by atoms with Gasteiger partial charge in [0.1, 0.15) is 5.60 Å². The molecule has 0 aromatic heterocycles. The Kier molecular flexibility index (Phi) is 5.87. The summed E-state index contributed by atoms with van der Waals surface area (Å²) in [7, 11) is -1.92. The van der Waals surface area contributed by atoms with Gasteiger partial charge < -0.3 is 9.30 Å². The van der Waals surface area contributed by atoms with Gasteiger partial charge in [0, 0.05) is 6.54 Å². The normalized spacial score (nSPS) is 13.1. The molecule has 0 unspecified atom stereocenters. The molecule has 112 valence electrons. The quantitative estimate of drug-likeness (QED) is 0.548. The molecule has 0 fully saturated rings. The second-order valence-electron chi connectivity index (χ2n) is 7.52. The second-order valence-corrected chi connectivity index (χ2v) is 12.7. The number of carbonyl (C=O) groups is 1. The molecule has 0 saturated carbocycles. The van der Waals surface area contributed by atoms with E-state index in [1.165, 1.54) is 0 Å². The lowest BCUT2D eigenvalue weighted by atomic mass is 10.2. The average molecular weight is 286 g/mol. The average Bonchev–Trinajstić information content (AvgIpc) is 2.12. The topological polar surface area (TPSA) is 29.5 Å². The standard InChI is InChI=1S/C15H31NO2Si/c1-10-11-12-16(13(17)18-14(2,3)4)19(8,9)15(5,6)7/h10H,1,11-12H2,2-9H3. The summed E-state index contributed by atoms with van der Waals surface area (Å²) in [4.78, 5) is 12.5. The molecule has 0 aromatic carbocycles. The maximum atomic E-state index is 12.5. The Bertz CT molecular complexity index is 324. The minimum atomic E-state index is -1.92. The zero-order chi connectivity index (χ0) is 15.5. The fourth-order valence-corrected chi connectivity index (χ4v) is 3.54. The Balaban J connectivity index is 5.21. The number of nitrogens with zero attached hydrogens (tertiary/aromatic N) is 1. The highest BCUT2D eigenvalue weighted by Crippen LogP contribution is 2.38.